The van der Waals surface area contributed by atoms with Crippen molar-refractivity contribution < 1.29 is 65.5 Å². The molecule has 2 aliphatic heterocycles. The van der Waals surface area contributed by atoms with Gasteiger partial charge in [0, 0.05) is 11.1 Å². The summed E-state index contributed by atoms with van der Waals surface area (Å²) < 4.78 is 109. The normalized spacial score (nSPS) is 16.6. The van der Waals surface area contributed by atoms with E-state index in [2.05, 4.69) is 9.98 Å². The van der Waals surface area contributed by atoms with Crippen LogP contribution in [0.4, 0.5) is 35.1 Å². The molecule has 0 bridgehead atoms. The average molecular weight is 692 g/mol. The molecule has 11 nitrogen and oxygen atoms in total. The largest absolute Gasteiger partial charge is 0.507 e. The molecular weight excluding hydrogens is 678 g/mol. The van der Waals surface area contributed by atoms with Crippen LogP contribution in [0.1, 0.15) is 27.0 Å². The van der Waals surface area contributed by atoms with Crippen LogP contribution in [0.2, 0.25) is 5.02 Å². The monoisotopic (exact) mass is 691 g/mol. The Kier molecular flexibility index (Phi) is 7.73. The summed E-state index contributed by atoms with van der Waals surface area (Å²) in [6, 6.07) is 4.91. The molecule has 0 atom stereocenters. The van der Waals surface area contributed by atoms with E-state index in [1.807, 2.05) is 0 Å². The van der Waals surface area contributed by atoms with Crippen LogP contribution in [0.15, 0.2) is 52.4 Å². The van der Waals surface area contributed by atoms with E-state index in [1.165, 1.54) is 6.07 Å². The molecule has 0 fully saturated rings. The highest BCUT2D eigenvalue weighted by Crippen LogP contribution is 2.36. The summed E-state index contributed by atoms with van der Waals surface area (Å²) in [6.07, 6.45) is -10.3. The lowest BCUT2D eigenvalue weighted by Gasteiger charge is -2.28. The van der Waals surface area contributed by atoms with E-state index < -0.39 is 109 Å². The first-order valence-corrected chi connectivity index (χ1v) is 12.9. The predicted octanol–water partition coefficient (Wildman–Crippen LogP) is 2.10. The third kappa shape index (κ3) is 5.70. The molecule has 1 aliphatic carbocycles. The standard InChI is InChI=1S/C27H14ClF8N5O6/c28-16-2-1-12(29)6-14(16)21(42)19-15(8-37)20-18(40(9-24(31,32)33)23-39-26(44,45)27(46,47)41(20)23)7-17(19)38-22(43)10-3-11(25(34,35)36)5-13(30)4-10/h1-7,42,44-47H,9H2/b21-19-,38-17?. The van der Waals surface area contributed by atoms with Gasteiger partial charge in [-0.1, -0.05) is 11.6 Å². The second-order valence-corrected chi connectivity index (χ2v) is 10.4. The number of aliphatic hydroxyl groups excluding tert-OH is 1. The highest BCUT2D eigenvalue weighted by molar-refractivity contribution is 6.32. The van der Waals surface area contributed by atoms with E-state index in [9.17, 15) is 70.7 Å². The number of nitrogens with zero attached hydrogens (tertiary/aromatic N) is 5. The van der Waals surface area contributed by atoms with Crippen molar-refractivity contribution in [2.45, 2.75) is 30.7 Å². The molecule has 47 heavy (non-hydrogen) atoms. The summed E-state index contributed by atoms with van der Waals surface area (Å²) in [6.45, 7) is -2.07. The zero-order chi connectivity index (χ0) is 35.0. The summed E-state index contributed by atoms with van der Waals surface area (Å²) in [5, 5.41) is 60.5. The SMILES string of the molecule is N#Cc1c2n3c(n(CC(F)(F)F)c-2cc(=NC(=O)c2cc(F)cc(C(F)(F)F)c2)/c1=C(\O)c1cc(F)ccc1Cl)=NC(O)(O)C3(O)O. The maximum Gasteiger partial charge on any atom is 0.416 e. The van der Waals surface area contributed by atoms with Crippen LogP contribution in [-0.2, 0) is 18.6 Å². The molecule has 2 heterocycles. The van der Waals surface area contributed by atoms with Crippen LogP contribution in [0.25, 0.3) is 17.1 Å². The highest BCUT2D eigenvalue weighted by Gasteiger charge is 2.57. The Morgan fingerprint density at radius 3 is 2.26 bits per heavy atom. The van der Waals surface area contributed by atoms with Crippen LogP contribution in [0.3, 0.4) is 0 Å². The van der Waals surface area contributed by atoms with Crippen LogP contribution in [0.5, 0.6) is 0 Å². The topological polar surface area (TPSA) is 177 Å². The van der Waals surface area contributed by atoms with Gasteiger partial charge in [0.15, 0.2) is 0 Å². The van der Waals surface area contributed by atoms with Gasteiger partial charge in [0.1, 0.15) is 30.0 Å². The van der Waals surface area contributed by atoms with E-state index in [1.54, 1.807) is 0 Å². The molecule has 0 aromatic heterocycles. The molecule has 2 aromatic rings. The fraction of sp³-hybridized carbons (Fsp3) is 0.185. The Bertz CT molecular complexity index is 2200. The number of benzene rings is 3. The second kappa shape index (κ2) is 10.9. The second-order valence-electron chi connectivity index (χ2n) is 9.96. The number of amides is 1. The van der Waals surface area contributed by atoms with Crippen molar-refractivity contribution in [1.82, 2.24) is 9.13 Å². The van der Waals surface area contributed by atoms with Gasteiger partial charge in [0.25, 0.3) is 5.91 Å². The third-order valence-corrected chi connectivity index (χ3v) is 7.13. The van der Waals surface area contributed by atoms with Gasteiger partial charge in [-0.25, -0.2) is 18.3 Å². The van der Waals surface area contributed by atoms with E-state index in [0.717, 1.165) is 12.1 Å². The van der Waals surface area contributed by atoms with Crippen molar-refractivity contribution in [3.63, 3.8) is 0 Å². The van der Waals surface area contributed by atoms with E-state index >= 15 is 0 Å². The summed E-state index contributed by atoms with van der Waals surface area (Å²) in [7, 11) is 0. The summed E-state index contributed by atoms with van der Waals surface area (Å²) in [5.74, 6) is -13.4. The molecule has 1 amide bonds. The minimum atomic E-state index is -5.16. The van der Waals surface area contributed by atoms with Crippen molar-refractivity contribution >= 4 is 23.3 Å². The zero-order valence-electron chi connectivity index (χ0n) is 22.5. The first-order chi connectivity index (χ1) is 21.6. The van der Waals surface area contributed by atoms with Gasteiger partial charge in [0.2, 0.25) is 5.62 Å². The van der Waals surface area contributed by atoms with Gasteiger partial charge in [-0.2, -0.15) is 36.6 Å². The number of carbonyl (C=O) groups excluding carboxylic acids is 1. The Morgan fingerprint density at radius 1 is 1.00 bits per heavy atom. The first kappa shape index (κ1) is 33.5. The van der Waals surface area contributed by atoms with Gasteiger partial charge >= 0.3 is 24.2 Å². The molecule has 0 saturated heterocycles. The fourth-order valence-corrected chi connectivity index (χ4v) is 5.02. The molecular formula is C27H14ClF8N5O6. The Balaban J connectivity index is 2.02. The van der Waals surface area contributed by atoms with Crippen LogP contribution >= 0.6 is 11.6 Å². The average Bonchev–Trinajstić information content (AvgIpc) is 3.33. The number of hydrogen-bond acceptors (Lipinski definition) is 8. The van der Waals surface area contributed by atoms with Gasteiger partial charge < -0.3 is 30.1 Å². The molecule has 246 valence electrons. The Hall–Kier alpha value is -4.87. The number of aliphatic hydroxyl groups is 5. The first-order valence-electron chi connectivity index (χ1n) is 12.5. The zero-order valence-corrected chi connectivity index (χ0v) is 23.3. The minimum Gasteiger partial charge on any atom is -0.507 e. The molecule has 0 spiro atoms. The predicted molar refractivity (Wildman–Crippen MR) is 138 cm³/mol. The molecule has 0 radical (unpaired) electrons. The third-order valence-electron chi connectivity index (χ3n) is 6.80. The quantitative estimate of drug-likeness (QED) is 0.161. The molecule has 3 aliphatic rings. The van der Waals surface area contributed by atoms with Crippen molar-refractivity contribution in [3.05, 3.63) is 97.6 Å². The van der Waals surface area contributed by atoms with E-state index in [-0.39, 0.29) is 21.3 Å². The van der Waals surface area contributed by atoms with Crippen LogP contribution in [-0.4, -0.2) is 52.7 Å². The molecule has 5 rings (SSSR count). The smallest absolute Gasteiger partial charge is 0.416 e. The summed E-state index contributed by atoms with van der Waals surface area (Å²) in [4.78, 5) is 19.8. The molecule has 2 aromatic carbocycles. The summed E-state index contributed by atoms with van der Waals surface area (Å²) >= 11 is 6.07. The van der Waals surface area contributed by atoms with Crippen LogP contribution < -0.4 is 16.2 Å². The lowest BCUT2D eigenvalue weighted by atomic mass is 10.0. The van der Waals surface area contributed by atoms with Gasteiger partial charge in [-0.05, 0) is 42.5 Å². The lowest BCUT2D eigenvalue weighted by molar-refractivity contribution is -0.388. The van der Waals surface area contributed by atoms with Crippen molar-refractivity contribution in [2.75, 3.05) is 0 Å². The van der Waals surface area contributed by atoms with Crippen molar-refractivity contribution in [3.8, 4) is 17.5 Å². The number of halogens is 9. The summed E-state index contributed by atoms with van der Waals surface area (Å²) in [5.41, 5.74) is -7.46. The van der Waals surface area contributed by atoms with Crippen molar-refractivity contribution in [1.29, 1.82) is 5.26 Å². The Morgan fingerprint density at radius 2 is 1.66 bits per heavy atom. The molecule has 0 unspecified atom stereocenters. The lowest BCUT2D eigenvalue weighted by Crippen LogP contribution is -2.52. The van der Waals surface area contributed by atoms with Gasteiger partial charge in [-0.15, -0.1) is 0 Å². The molecule has 0 saturated carbocycles. The highest BCUT2D eigenvalue weighted by atomic mass is 35.5. The maximum absolute atomic E-state index is 14.2. The van der Waals surface area contributed by atoms with Crippen molar-refractivity contribution in [2.24, 2.45) is 9.98 Å². The number of imidazole rings is 1. The number of hydrogen-bond donors (Lipinski definition) is 5. The number of nitriles is 1. The van der Waals surface area contributed by atoms with Gasteiger partial charge in [-0.3, -0.25) is 4.79 Å². The van der Waals surface area contributed by atoms with Crippen LogP contribution in [0, 0.1) is 23.0 Å². The number of fused-ring (bicyclic) bond motifs is 3. The molecule has 20 heteroatoms. The number of carbonyl (C=O) groups is 1. The fourth-order valence-electron chi connectivity index (χ4n) is 4.81. The minimum absolute atomic E-state index is 0.0234. The Labute approximate surface area is 259 Å². The van der Waals surface area contributed by atoms with Gasteiger partial charge in [0.05, 0.1) is 38.1 Å². The number of rotatable bonds is 3. The van der Waals surface area contributed by atoms with E-state index in [0.29, 0.717) is 18.2 Å². The molecule has 5 N–H and O–H groups in total. The number of alkyl halides is 6. The maximum atomic E-state index is 14.2. The number of aromatic nitrogens is 2. The van der Waals surface area contributed by atoms with E-state index in [4.69, 9.17) is 11.6 Å².